The van der Waals surface area contributed by atoms with E-state index in [2.05, 4.69) is 13.8 Å². The van der Waals surface area contributed by atoms with Crippen molar-refractivity contribution in [2.75, 3.05) is 47.0 Å². The molecule has 1 N–H and O–H groups in total. The van der Waals surface area contributed by atoms with Crippen molar-refractivity contribution in [3.05, 3.63) is 59.2 Å². The van der Waals surface area contributed by atoms with Gasteiger partial charge in [0, 0.05) is 18.7 Å². The number of aliphatic hydroxyl groups excluding tert-OH is 1. The van der Waals surface area contributed by atoms with E-state index in [1.807, 2.05) is 51.0 Å². The van der Waals surface area contributed by atoms with Gasteiger partial charge in [-0.2, -0.15) is 0 Å². The number of benzene rings is 2. The van der Waals surface area contributed by atoms with Crippen LogP contribution in [0.1, 0.15) is 57.7 Å². The van der Waals surface area contributed by atoms with Gasteiger partial charge in [-0.3, -0.25) is 9.59 Å². The van der Waals surface area contributed by atoms with Crippen LogP contribution in [-0.4, -0.2) is 73.6 Å². The molecular formula is C31H42N2O6. The van der Waals surface area contributed by atoms with Crippen molar-refractivity contribution in [2.24, 2.45) is 5.92 Å². The number of ketones is 1. The van der Waals surface area contributed by atoms with Gasteiger partial charge in [0.05, 0.1) is 31.4 Å². The average Bonchev–Trinajstić information content (AvgIpc) is 3.16. The van der Waals surface area contributed by atoms with Gasteiger partial charge in [-0.15, -0.1) is 0 Å². The van der Waals surface area contributed by atoms with Crippen molar-refractivity contribution < 1.29 is 28.9 Å². The molecule has 1 aliphatic heterocycles. The minimum absolute atomic E-state index is 0.0527. The first-order chi connectivity index (χ1) is 18.7. The number of likely N-dealkylation sites (tertiary alicyclic amines) is 1. The molecule has 1 aliphatic rings. The Hall–Kier alpha value is -3.52. The summed E-state index contributed by atoms with van der Waals surface area (Å²) in [7, 11) is 3.81. The van der Waals surface area contributed by atoms with Crippen LogP contribution >= 0.6 is 0 Å². The van der Waals surface area contributed by atoms with E-state index in [1.165, 1.54) is 4.90 Å². The number of Topliss-reactive ketones (excluding diaryl/α,β-unsaturated/α-hetero) is 1. The fourth-order valence-corrected chi connectivity index (χ4v) is 4.34. The fraction of sp³-hybridized carbons (Fsp3) is 0.484. The van der Waals surface area contributed by atoms with Crippen molar-refractivity contribution in [1.29, 1.82) is 0 Å². The van der Waals surface area contributed by atoms with E-state index in [9.17, 15) is 14.7 Å². The maximum absolute atomic E-state index is 13.3. The molecule has 2 aromatic rings. The van der Waals surface area contributed by atoms with Crippen molar-refractivity contribution >= 4 is 17.4 Å². The predicted octanol–water partition coefficient (Wildman–Crippen LogP) is 5.28. The molecule has 1 atom stereocenters. The molecule has 1 fully saturated rings. The number of carbonyl (C=O) groups is 2. The molecule has 8 nitrogen and oxygen atoms in total. The number of hydrogen-bond acceptors (Lipinski definition) is 7. The number of rotatable bonds is 14. The summed E-state index contributed by atoms with van der Waals surface area (Å²) < 4.78 is 17.5. The molecule has 3 rings (SSSR count). The number of likely N-dealkylation sites (N-methyl/N-ethyl adjacent to an activating group) is 1. The molecule has 1 amide bonds. The van der Waals surface area contributed by atoms with Gasteiger partial charge < -0.3 is 29.1 Å². The smallest absolute Gasteiger partial charge is 0.295 e. The highest BCUT2D eigenvalue weighted by Gasteiger charge is 2.46. The van der Waals surface area contributed by atoms with Gasteiger partial charge in [-0.25, -0.2) is 0 Å². The second-order valence-electron chi connectivity index (χ2n) is 10.3. The summed E-state index contributed by atoms with van der Waals surface area (Å²) >= 11 is 0. The largest absolute Gasteiger partial charge is 0.507 e. The Balaban J connectivity index is 2.07. The van der Waals surface area contributed by atoms with E-state index >= 15 is 0 Å². The summed E-state index contributed by atoms with van der Waals surface area (Å²) in [5.41, 5.74) is 1.15. The quantitative estimate of drug-likeness (QED) is 0.199. The first kappa shape index (κ1) is 30.0. The van der Waals surface area contributed by atoms with Crippen molar-refractivity contribution in [3.63, 3.8) is 0 Å². The molecule has 0 bridgehead atoms. The van der Waals surface area contributed by atoms with Gasteiger partial charge >= 0.3 is 0 Å². The van der Waals surface area contributed by atoms with Gasteiger partial charge in [0.25, 0.3) is 11.7 Å². The Bertz CT molecular complexity index is 1160. The minimum Gasteiger partial charge on any atom is -0.507 e. The average molecular weight is 539 g/mol. The SMILES string of the molecule is CCCOc1ccc(/C(O)=C2\C(=O)C(=O)N(CCN(C)C)C2c2ccc(OCCC(C)C)c(OCC)c2)cc1. The highest BCUT2D eigenvalue weighted by Crippen LogP contribution is 2.42. The van der Waals surface area contributed by atoms with Crippen LogP contribution in [-0.2, 0) is 9.59 Å². The lowest BCUT2D eigenvalue weighted by Crippen LogP contribution is -2.35. The van der Waals surface area contributed by atoms with E-state index in [0.29, 0.717) is 67.2 Å². The van der Waals surface area contributed by atoms with Crippen molar-refractivity contribution in [2.45, 2.75) is 46.6 Å². The van der Waals surface area contributed by atoms with Gasteiger partial charge in [-0.05, 0) is 81.7 Å². The summed E-state index contributed by atoms with van der Waals surface area (Å²) in [5, 5.41) is 11.4. The lowest BCUT2D eigenvalue weighted by atomic mass is 9.95. The molecule has 0 aromatic heterocycles. The third-order valence-corrected chi connectivity index (χ3v) is 6.46. The Labute approximate surface area is 232 Å². The zero-order chi connectivity index (χ0) is 28.5. The summed E-state index contributed by atoms with van der Waals surface area (Å²) in [6.45, 7) is 10.6. The Morgan fingerprint density at radius 1 is 0.974 bits per heavy atom. The Morgan fingerprint density at radius 3 is 2.31 bits per heavy atom. The Morgan fingerprint density at radius 2 is 1.69 bits per heavy atom. The highest BCUT2D eigenvalue weighted by molar-refractivity contribution is 6.46. The van der Waals surface area contributed by atoms with E-state index in [1.54, 1.807) is 24.3 Å². The van der Waals surface area contributed by atoms with Crippen LogP contribution in [0.15, 0.2) is 48.0 Å². The zero-order valence-corrected chi connectivity index (χ0v) is 24.0. The molecule has 0 saturated carbocycles. The topological polar surface area (TPSA) is 88.5 Å². The maximum Gasteiger partial charge on any atom is 0.295 e. The van der Waals surface area contributed by atoms with Crippen LogP contribution in [0.2, 0.25) is 0 Å². The normalized spacial score (nSPS) is 16.8. The molecular weight excluding hydrogens is 496 g/mol. The minimum atomic E-state index is -0.773. The predicted molar refractivity (Wildman–Crippen MR) is 152 cm³/mol. The number of aliphatic hydroxyl groups is 1. The van der Waals surface area contributed by atoms with Gasteiger partial charge in [0.15, 0.2) is 11.5 Å². The van der Waals surface area contributed by atoms with Gasteiger partial charge in [0.2, 0.25) is 0 Å². The number of amides is 1. The van der Waals surface area contributed by atoms with E-state index in [4.69, 9.17) is 14.2 Å². The van der Waals surface area contributed by atoms with Crippen molar-refractivity contribution in [3.8, 4) is 17.2 Å². The van der Waals surface area contributed by atoms with Crippen LogP contribution in [0, 0.1) is 5.92 Å². The second kappa shape index (κ2) is 14.0. The first-order valence-corrected chi connectivity index (χ1v) is 13.7. The third kappa shape index (κ3) is 7.53. The molecule has 8 heteroatoms. The van der Waals surface area contributed by atoms with E-state index in [0.717, 1.165) is 12.8 Å². The van der Waals surface area contributed by atoms with Gasteiger partial charge in [-0.1, -0.05) is 26.8 Å². The number of nitrogens with zero attached hydrogens (tertiary/aromatic N) is 2. The lowest BCUT2D eigenvalue weighted by Gasteiger charge is -2.27. The Kier molecular flexibility index (Phi) is 10.8. The monoisotopic (exact) mass is 538 g/mol. The molecule has 39 heavy (non-hydrogen) atoms. The van der Waals surface area contributed by atoms with E-state index < -0.39 is 17.7 Å². The summed E-state index contributed by atoms with van der Waals surface area (Å²) in [4.78, 5) is 30.1. The standard InChI is InChI=1S/C31H42N2O6/c1-7-18-38-24-12-9-22(10-13-24)29(34)27-28(33(17-16-32(5)6)31(36)30(27)35)23-11-14-25(26(20-23)37-8-2)39-19-15-21(3)4/h9-14,20-21,28,34H,7-8,15-19H2,1-6H3/b29-27+. The molecule has 1 heterocycles. The second-order valence-corrected chi connectivity index (χ2v) is 10.3. The zero-order valence-electron chi connectivity index (χ0n) is 24.0. The van der Waals surface area contributed by atoms with Crippen LogP contribution in [0.4, 0.5) is 0 Å². The van der Waals surface area contributed by atoms with Crippen molar-refractivity contribution in [1.82, 2.24) is 9.80 Å². The van der Waals surface area contributed by atoms with Crippen LogP contribution < -0.4 is 14.2 Å². The molecule has 1 unspecified atom stereocenters. The highest BCUT2D eigenvalue weighted by atomic mass is 16.5. The lowest BCUT2D eigenvalue weighted by molar-refractivity contribution is -0.140. The van der Waals surface area contributed by atoms with E-state index in [-0.39, 0.29) is 11.3 Å². The van der Waals surface area contributed by atoms with Crippen LogP contribution in [0.5, 0.6) is 17.2 Å². The summed E-state index contributed by atoms with van der Waals surface area (Å²) in [6.07, 6.45) is 1.78. The molecule has 0 spiro atoms. The molecule has 212 valence electrons. The molecule has 0 radical (unpaired) electrons. The molecule has 1 saturated heterocycles. The summed E-state index contributed by atoms with van der Waals surface area (Å²) in [5.74, 6) is 0.750. The number of ether oxygens (including phenoxy) is 3. The van der Waals surface area contributed by atoms with Gasteiger partial charge in [0.1, 0.15) is 11.5 Å². The van der Waals surface area contributed by atoms with Crippen LogP contribution in [0.3, 0.4) is 0 Å². The molecule has 0 aliphatic carbocycles. The first-order valence-electron chi connectivity index (χ1n) is 13.7. The third-order valence-electron chi connectivity index (χ3n) is 6.46. The molecule has 2 aromatic carbocycles. The number of carbonyl (C=O) groups excluding carboxylic acids is 2. The summed E-state index contributed by atoms with van der Waals surface area (Å²) in [6, 6.07) is 11.6. The maximum atomic E-state index is 13.3. The fourth-order valence-electron chi connectivity index (χ4n) is 4.34. The van der Waals surface area contributed by atoms with Crippen LogP contribution in [0.25, 0.3) is 5.76 Å². The number of hydrogen-bond donors (Lipinski definition) is 1.